The molecule has 0 bridgehead atoms. The molecule has 3 heteroatoms. The first-order valence-corrected chi connectivity index (χ1v) is 8.75. The van der Waals surface area contributed by atoms with Crippen molar-refractivity contribution in [3.05, 3.63) is 0 Å². The fourth-order valence-corrected chi connectivity index (χ4v) is 3.40. The van der Waals surface area contributed by atoms with Crippen LogP contribution in [0, 0.1) is 5.92 Å². The van der Waals surface area contributed by atoms with Gasteiger partial charge in [-0.2, -0.15) is 0 Å². The second kappa shape index (κ2) is 6.13. The second-order valence-corrected chi connectivity index (χ2v) is 7.14. The molecule has 1 unspecified atom stereocenters. The third kappa shape index (κ3) is 3.90. The molecule has 0 aromatic rings. The van der Waals surface area contributed by atoms with Crippen molar-refractivity contribution in [1.29, 1.82) is 0 Å². The molecule has 1 heterocycles. The lowest BCUT2D eigenvalue weighted by Gasteiger charge is -2.35. The van der Waals surface area contributed by atoms with Crippen LogP contribution in [0.4, 0.5) is 0 Å². The van der Waals surface area contributed by atoms with Crippen LogP contribution in [0.1, 0.15) is 26.2 Å². The molecule has 82 valence electrons. The SMILES string of the molecule is CCC([O][Al]([CH3])[CH3])C1CCN(C)CC1. The molecule has 2 nitrogen and oxygen atoms in total. The fraction of sp³-hybridized carbons (Fsp3) is 1.00. The molecule has 0 aromatic carbocycles. The van der Waals surface area contributed by atoms with Gasteiger partial charge in [-0.25, -0.2) is 0 Å². The van der Waals surface area contributed by atoms with Crippen LogP contribution in [-0.4, -0.2) is 45.6 Å². The van der Waals surface area contributed by atoms with E-state index in [0.29, 0.717) is 6.10 Å². The molecule has 0 saturated carbocycles. The number of nitrogens with zero attached hydrogens (tertiary/aromatic N) is 1. The van der Waals surface area contributed by atoms with Crippen molar-refractivity contribution in [2.75, 3.05) is 20.1 Å². The van der Waals surface area contributed by atoms with Crippen LogP contribution in [0.15, 0.2) is 0 Å². The Morgan fingerprint density at radius 2 is 1.93 bits per heavy atom. The Morgan fingerprint density at radius 3 is 2.36 bits per heavy atom. The van der Waals surface area contributed by atoms with Crippen molar-refractivity contribution in [2.24, 2.45) is 5.92 Å². The number of hydrogen-bond acceptors (Lipinski definition) is 2. The van der Waals surface area contributed by atoms with E-state index >= 15 is 0 Å². The average Bonchev–Trinajstić information content (AvgIpc) is 2.15. The molecule has 0 radical (unpaired) electrons. The van der Waals surface area contributed by atoms with Crippen LogP contribution in [0.25, 0.3) is 0 Å². The monoisotopic (exact) mass is 213 g/mol. The molecule has 0 N–H and O–H groups in total. The van der Waals surface area contributed by atoms with Crippen LogP contribution in [0.3, 0.4) is 0 Å². The summed E-state index contributed by atoms with van der Waals surface area (Å²) < 4.78 is 6.09. The maximum atomic E-state index is 6.09. The minimum atomic E-state index is -0.846. The van der Waals surface area contributed by atoms with Crippen molar-refractivity contribution in [3.63, 3.8) is 0 Å². The Balaban J connectivity index is 2.36. The zero-order valence-electron chi connectivity index (χ0n) is 10.1. The van der Waals surface area contributed by atoms with Crippen molar-refractivity contribution in [3.8, 4) is 0 Å². The normalized spacial score (nSPS) is 22.3. The highest BCUT2D eigenvalue weighted by Crippen LogP contribution is 2.24. The van der Waals surface area contributed by atoms with Crippen molar-refractivity contribution in [2.45, 2.75) is 43.9 Å². The molecule has 0 aliphatic carbocycles. The molecule has 1 saturated heterocycles. The molecule has 1 rings (SSSR count). The van der Waals surface area contributed by atoms with Crippen LogP contribution < -0.4 is 0 Å². The summed E-state index contributed by atoms with van der Waals surface area (Å²) in [6.45, 7) is 4.77. The van der Waals surface area contributed by atoms with E-state index in [9.17, 15) is 0 Å². The van der Waals surface area contributed by atoms with E-state index in [1.807, 2.05) is 0 Å². The summed E-state index contributed by atoms with van der Waals surface area (Å²) in [5.41, 5.74) is 0. The quantitative estimate of drug-likeness (QED) is 0.665. The maximum absolute atomic E-state index is 6.09. The summed E-state index contributed by atoms with van der Waals surface area (Å²) in [7, 11) is 2.22. The number of likely N-dealkylation sites (tertiary alicyclic amines) is 1. The van der Waals surface area contributed by atoms with Crippen molar-refractivity contribution in [1.82, 2.24) is 4.90 Å². The van der Waals surface area contributed by atoms with Crippen molar-refractivity contribution < 1.29 is 3.79 Å². The first-order valence-electron chi connectivity index (χ1n) is 5.97. The van der Waals surface area contributed by atoms with E-state index < -0.39 is 14.5 Å². The van der Waals surface area contributed by atoms with Gasteiger partial charge >= 0.3 is 14.5 Å². The van der Waals surface area contributed by atoms with Crippen molar-refractivity contribution >= 4 is 14.5 Å². The van der Waals surface area contributed by atoms with Crippen LogP contribution in [-0.2, 0) is 3.79 Å². The Kier molecular flexibility index (Phi) is 5.48. The van der Waals surface area contributed by atoms with E-state index in [0.717, 1.165) is 5.92 Å². The molecule has 1 fully saturated rings. The minimum Gasteiger partial charge on any atom is -0.498 e. The smallest absolute Gasteiger partial charge is 0.454 e. The predicted octanol–water partition coefficient (Wildman–Crippen LogP) is 2.37. The van der Waals surface area contributed by atoms with Gasteiger partial charge in [0.2, 0.25) is 0 Å². The van der Waals surface area contributed by atoms with Crippen LogP contribution in [0.5, 0.6) is 0 Å². The Labute approximate surface area is 93.3 Å². The van der Waals surface area contributed by atoms with Gasteiger partial charge in [-0.15, -0.1) is 0 Å². The highest BCUT2D eigenvalue weighted by molar-refractivity contribution is 6.48. The molecule has 0 spiro atoms. The lowest BCUT2D eigenvalue weighted by atomic mass is 9.90. The van der Waals surface area contributed by atoms with Gasteiger partial charge in [0.25, 0.3) is 0 Å². The topological polar surface area (TPSA) is 12.5 Å². The number of rotatable bonds is 4. The van der Waals surface area contributed by atoms with Gasteiger partial charge in [-0.3, -0.25) is 0 Å². The summed E-state index contributed by atoms with van der Waals surface area (Å²) in [4.78, 5) is 2.43. The van der Waals surface area contributed by atoms with E-state index in [4.69, 9.17) is 3.79 Å². The van der Waals surface area contributed by atoms with Crippen LogP contribution >= 0.6 is 0 Å². The largest absolute Gasteiger partial charge is 0.498 e. The Bertz CT molecular complexity index is 155. The summed E-state index contributed by atoms with van der Waals surface area (Å²) in [5.74, 6) is 5.38. The third-order valence-electron chi connectivity index (χ3n) is 3.14. The molecule has 0 aromatic heterocycles. The van der Waals surface area contributed by atoms with Gasteiger partial charge in [-0.1, -0.05) is 18.5 Å². The highest BCUT2D eigenvalue weighted by Gasteiger charge is 2.25. The van der Waals surface area contributed by atoms with Gasteiger partial charge in [-0.05, 0) is 45.3 Å². The molecular formula is C11H24AlNO. The number of piperidine rings is 1. The third-order valence-corrected chi connectivity index (χ3v) is 4.03. The molecule has 14 heavy (non-hydrogen) atoms. The maximum Gasteiger partial charge on any atom is 0.454 e. The van der Waals surface area contributed by atoms with Gasteiger partial charge < -0.3 is 8.69 Å². The predicted molar refractivity (Wildman–Crippen MR) is 62.9 cm³/mol. The molecule has 1 atom stereocenters. The lowest BCUT2D eigenvalue weighted by molar-refractivity contribution is 0.0821. The average molecular weight is 213 g/mol. The van der Waals surface area contributed by atoms with Gasteiger partial charge in [0.1, 0.15) is 0 Å². The molecular weight excluding hydrogens is 189 g/mol. The van der Waals surface area contributed by atoms with Gasteiger partial charge in [0.05, 0.1) is 0 Å². The highest BCUT2D eigenvalue weighted by atomic mass is 27.2. The minimum absolute atomic E-state index is 0.551. The summed E-state index contributed by atoms with van der Waals surface area (Å²) in [6.07, 6.45) is 4.40. The second-order valence-electron chi connectivity index (χ2n) is 4.77. The lowest BCUT2D eigenvalue weighted by Crippen LogP contribution is -2.37. The zero-order valence-corrected chi connectivity index (χ0v) is 11.3. The molecule has 1 aliphatic heterocycles. The number of hydrogen-bond donors (Lipinski definition) is 0. The summed E-state index contributed by atoms with van der Waals surface area (Å²) >= 11 is -0.846. The Hall–Kier alpha value is 0.452. The first-order chi connectivity index (χ1) is 6.63. The van der Waals surface area contributed by atoms with Gasteiger partial charge in [0, 0.05) is 6.10 Å². The Morgan fingerprint density at radius 1 is 1.36 bits per heavy atom. The van der Waals surface area contributed by atoms with Gasteiger partial charge in [0.15, 0.2) is 0 Å². The van der Waals surface area contributed by atoms with E-state index in [-0.39, 0.29) is 0 Å². The first kappa shape index (κ1) is 12.5. The molecule has 1 aliphatic rings. The zero-order chi connectivity index (χ0) is 10.6. The van der Waals surface area contributed by atoms with E-state index in [1.165, 1.54) is 32.4 Å². The van der Waals surface area contributed by atoms with E-state index in [2.05, 4.69) is 30.4 Å². The van der Waals surface area contributed by atoms with Crippen LogP contribution in [0.2, 0.25) is 11.6 Å². The fourth-order valence-electron chi connectivity index (χ4n) is 2.29. The molecule has 0 amide bonds. The summed E-state index contributed by atoms with van der Waals surface area (Å²) in [5, 5.41) is 0. The summed E-state index contributed by atoms with van der Waals surface area (Å²) in [6, 6.07) is 0. The standard InChI is InChI=1S/C9H18NO.2CH3.Al/c1-3-9(11)8-4-6-10(2)7-5-8;;;/h8-9H,3-7H2,1-2H3;2*1H3;/q-1;;;+1. The van der Waals surface area contributed by atoms with E-state index in [1.54, 1.807) is 0 Å².